The van der Waals surface area contributed by atoms with Crippen LogP contribution in [-0.4, -0.2) is 19.9 Å². The van der Waals surface area contributed by atoms with Crippen LogP contribution in [0.4, 0.5) is 0 Å². The molecule has 0 saturated heterocycles. The molecule has 0 saturated carbocycles. The molecule has 5 heteroatoms. The van der Waals surface area contributed by atoms with Gasteiger partial charge in [0.05, 0.1) is 23.1 Å². The first-order valence-electron chi connectivity index (χ1n) is 6.79. The van der Waals surface area contributed by atoms with Gasteiger partial charge in [0.1, 0.15) is 11.6 Å². The third-order valence-corrected chi connectivity index (χ3v) is 3.70. The number of hydrogen-bond donors (Lipinski definition) is 2. The number of aryl methyl sites for hydroxylation is 1. The zero-order valence-corrected chi connectivity index (χ0v) is 11.3. The second kappa shape index (κ2) is 4.38. The Balaban J connectivity index is 1.70. The molecule has 5 nitrogen and oxygen atoms in total. The van der Waals surface area contributed by atoms with Crippen LogP contribution in [0.15, 0.2) is 24.3 Å². The molecule has 100 valence electrons. The Morgan fingerprint density at radius 1 is 1.10 bits per heavy atom. The average Bonchev–Trinajstić information content (AvgIpc) is 3.04. The lowest BCUT2D eigenvalue weighted by molar-refractivity contribution is 0.755. The van der Waals surface area contributed by atoms with Gasteiger partial charge in [0.15, 0.2) is 0 Å². The van der Waals surface area contributed by atoms with Crippen molar-refractivity contribution < 1.29 is 0 Å². The number of aromatic amines is 1. The van der Waals surface area contributed by atoms with Crippen molar-refractivity contribution in [3.8, 4) is 0 Å². The third kappa shape index (κ3) is 1.87. The van der Waals surface area contributed by atoms with Gasteiger partial charge in [-0.05, 0) is 19.1 Å². The van der Waals surface area contributed by atoms with E-state index in [2.05, 4.69) is 32.2 Å². The molecule has 0 bridgehead atoms. The monoisotopic (exact) mass is 265 g/mol. The predicted molar refractivity (Wildman–Crippen MR) is 76.2 cm³/mol. The fraction of sp³-hybridized carbons (Fsp3) is 0.267. The van der Waals surface area contributed by atoms with E-state index >= 15 is 0 Å². The van der Waals surface area contributed by atoms with Crippen LogP contribution >= 0.6 is 0 Å². The minimum Gasteiger partial charge on any atom is -0.342 e. The van der Waals surface area contributed by atoms with Gasteiger partial charge in [0.2, 0.25) is 0 Å². The number of rotatable bonds is 2. The highest BCUT2D eigenvalue weighted by molar-refractivity contribution is 5.74. The molecule has 0 radical (unpaired) electrons. The van der Waals surface area contributed by atoms with E-state index in [0.29, 0.717) is 6.42 Å². The van der Waals surface area contributed by atoms with Crippen molar-refractivity contribution in [2.45, 2.75) is 26.4 Å². The Morgan fingerprint density at radius 2 is 2.00 bits per heavy atom. The molecule has 20 heavy (non-hydrogen) atoms. The first-order valence-corrected chi connectivity index (χ1v) is 6.79. The topological polar surface area (TPSA) is 66.5 Å². The van der Waals surface area contributed by atoms with E-state index in [-0.39, 0.29) is 0 Å². The van der Waals surface area contributed by atoms with E-state index in [9.17, 15) is 0 Å². The highest BCUT2D eigenvalue weighted by Gasteiger charge is 2.17. The molecule has 0 aliphatic carbocycles. The van der Waals surface area contributed by atoms with Crippen LogP contribution in [0.5, 0.6) is 0 Å². The molecular formula is C15H15N5. The van der Waals surface area contributed by atoms with E-state index in [0.717, 1.165) is 47.2 Å². The van der Waals surface area contributed by atoms with Gasteiger partial charge < -0.3 is 10.3 Å². The number of para-hydroxylation sites is 2. The molecule has 1 aliphatic heterocycles. The van der Waals surface area contributed by atoms with Crippen molar-refractivity contribution in [1.29, 1.82) is 0 Å². The van der Waals surface area contributed by atoms with Crippen molar-refractivity contribution in [2.75, 3.05) is 0 Å². The van der Waals surface area contributed by atoms with Crippen LogP contribution in [0.3, 0.4) is 0 Å². The second-order valence-electron chi connectivity index (χ2n) is 5.13. The second-order valence-corrected chi connectivity index (χ2v) is 5.13. The number of fused-ring (bicyclic) bond motifs is 2. The fourth-order valence-corrected chi connectivity index (χ4v) is 2.72. The highest BCUT2D eigenvalue weighted by Crippen LogP contribution is 2.18. The van der Waals surface area contributed by atoms with Crippen LogP contribution in [-0.2, 0) is 19.5 Å². The van der Waals surface area contributed by atoms with E-state index in [1.54, 1.807) is 0 Å². The van der Waals surface area contributed by atoms with Crippen molar-refractivity contribution in [1.82, 2.24) is 25.3 Å². The van der Waals surface area contributed by atoms with Crippen molar-refractivity contribution in [2.24, 2.45) is 0 Å². The molecule has 4 rings (SSSR count). The molecular weight excluding hydrogens is 250 g/mol. The summed E-state index contributed by atoms with van der Waals surface area (Å²) < 4.78 is 0. The number of hydrogen-bond acceptors (Lipinski definition) is 4. The first kappa shape index (κ1) is 11.5. The standard InChI is InChI=1S/C15H15N5/c1-9-10-7-16-8-13(10)20-14(17-9)6-15-18-11-4-2-3-5-12(11)19-15/h2-5,16H,6-8H2,1H3,(H,18,19). The molecule has 0 amide bonds. The van der Waals surface area contributed by atoms with Gasteiger partial charge in [-0.1, -0.05) is 12.1 Å². The summed E-state index contributed by atoms with van der Waals surface area (Å²) in [4.78, 5) is 17.1. The largest absolute Gasteiger partial charge is 0.342 e. The predicted octanol–water partition coefficient (Wildman–Crippen LogP) is 1.86. The summed E-state index contributed by atoms with van der Waals surface area (Å²) >= 11 is 0. The molecule has 0 unspecified atom stereocenters. The molecule has 1 aliphatic rings. The minimum absolute atomic E-state index is 0.642. The zero-order valence-electron chi connectivity index (χ0n) is 11.3. The van der Waals surface area contributed by atoms with E-state index in [1.165, 1.54) is 5.56 Å². The van der Waals surface area contributed by atoms with Crippen molar-refractivity contribution in [3.05, 3.63) is 52.9 Å². The molecule has 3 heterocycles. The molecule has 3 aromatic rings. The molecule has 0 spiro atoms. The van der Waals surface area contributed by atoms with E-state index in [1.807, 2.05) is 24.3 Å². The van der Waals surface area contributed by atoms with E-state index in [4.69, 9.17) is 0 Å². The van der Waals surface area contributed by atoms with Gasteiger partial charge in [-0.2, -0.15) is 0 Å². The Kier molecular flexibility index (Phi) is 2.53. The van der Waals surface area contributed by atoms with Gasteiger partial charge in [0.25, 0.3) is 0 Å². The van der Waals surface area contributed by atoms with Gasteiger partial charge in [-0.25, -0.2) is 15.0 Å². The number of aromatic nitrogens is 4. The summed E-state index contributed by atoms with van der Waals surface area (Å²) in [6.45, 7) is 3.77. The molecule has 0 atom stereocenters. The van der Waals surface area contributed by atoms with Crippen LogP contribution in [0.2, 0.25) is 0 Å². The molecule has 2 N–H and O–H groups in total. The maximum absolute atomic E-state index is 4.65. The molecule has 0 fully saturated rings. The number of imidazole rings is 1. The SMILES string of the molecule is Cc1nc(Cc2nc3ccccc3[nH]2)nc2c1CNC2. The fourth-order valence-electron chi connectivity index (χ4n) is 2.72. The minimum atomic E-state index is 0.642. The van der Waals surface area contributed by atoms with Crippen molar-refractivity contribution in [3.63, 3.8) is 0 Å². The summed E-state index contributed by atoms with van der Waals surface area (Å²) in [6.07, 6.45) is 0.642. The Labute approximate surface area is 116 Å². The maximum Gasteiger partial charge on any atom is 0.136 e. The zero-order chi connectivity index (χ0) is 13.5. The Morgan fingerprint density at radius 3 is 2.90 bits per heavy atom. The highest BCUT2D eigenvalue weighted by atomic mass is 15.0. The first-order chi connectivity index (χ1) is 9.79. The summed E-state index contributed by atoms with van der Waals surface area (Å²) in [6, 6.07) is 8.04. The number of nitrogens with zero attached hydrogens (tertiary/aromatic N) is 3. The van der Waals surface area contributed by atoms with Crippen molar-refractivity contribution >= 4 is 11.0 Å². The lowest BCUT2D eigenvalue weighted by Crippen LogP contribution is -2.04. The summed E-state index contributed by atoms with van der Waals surface area (Å²) in [7, 11) is 0. The van der Waals surface area contributed by atoms with Gasteiger partial charge in [0, 0.05) is 24.3 Å². The molecule has 1 aromatic carbocycles. The van der Waals surface area contributed by atoms with Crippen LogP contribution in [0.1, 0.15) is 28.6 Å². The average molecular weight is 265 g/mol. The smallest absolute Gasteiger partial charge is 0.136 e. The summed E-state index contributed by atoms with van der Waals surface area (Å²) in [5, 5.41) is 3.32. The normalized spacial score (nSPS) is 13.8. The number of benzene rings is 1. The summed E-state index contributed by atoms with van der Waals surface area (Å²) in [5.74, 6) is 1.75. The maximum atomic E-state index is 4.65. The van der Waals surface area contributed by atoms with Crippen LogP contribution < -0.4 is 5.32 Å². The third-order valence-electron chi connectivity index (χ3n) is 3.70. The van der Waals surface area contributed by atoms with Crippen LogP contribution in [0, 0.1) is 6.92 Å². The van der Waals surface area contributed by atoms with Gasteiger partial charge >= 0.3 is 0 Å². The Bertz CT molecular complexity index is 757. The summed E-state index contributed by atoms with van der Waals surface area (Å²) in [5.41, 5.74) is 5.50. The van der Waals surface area contributed by atoms with Crippen LogP contribution in [0.25, 0.3) is 11.0 Å². The lowest BCUT2D eigenvalue weighted by atomic mass is 10.2. The number of H-pyrrole nitrogens is 1. The lowest BCUT2D eigenvalue weighted by Gasteiger charge is -2.04. The quantitative estimate of drug-likeness (QED) is 0.742. The van der Waals surface area contributed by atoms with Gasteiger partial charge in [-0.15, -0.1) is 0 Å². The van der Waals surface area contributed by atoms with Gasteiger partial charge in [-0.3, -0.25) is 0 Å². The number of nitrogens with one attached hydrogen (secondary N) is 2. The Hall–Kier alpha value is -2.27. The van der Waals surface area contributed by atoms with E-state index < -0.39 is 0 Å². The molecule has 2 aromatic heterocycles.